The van der Waals surface area contributed by atoms with E-state index >= 15 is 0 Å². The van der Waals surface area contributed by atoms with Gasteiger partial charge in [0.15, 0.2) is 0 Å². The first-order valence-corrected chi connectivity index (χ1v) is 18.2. The summed E-state index contributed by atoms with van der Waals surface area (Å²) in [5.41, 5.74) is 0. The molecule has 5 heteroatoms. The number of rotatable bonds is 28. The van der Waals surface area contributed by atoms with E-state index in [1.54, 1.807) is 0 Å². The third kappa shape index (κ3) is 18.1. The van der Waals surface area contributed by atoms with Crippen molar-refractivity contribution < 1.29 is 17.7 Å². The molecule has 4 atom stereocenters. The summed E-state index contributed by atoms with van der Waals surface area (Å²) < 4.78 is 27.0. The second-order valence-electron chi connectivity index (χ2n) is 11.4. The Labute approximate surface area is 234 Å². The van der Waals surface area contributed by atoms with Crippen LogP contribution in [-0.4, -0.2) is 35.5 Å². The van der Waals surface area contributed by atoms with Crippen molar-refractivity contribution in [3.8, 4) is 0 Å². The molecule has 0 aliphatic heterocycles. The van der Waals surface area contributed by atoms with Gasteiger partial charge in [0, 0.05) is 26.4 Å². The van der Waals surface area contributed by atoms with Gasteiger partial charge in [-0.1, -0.05) is 132 Å². The van der Waals surface area contributed by atoms with E-state index in [4.69, 9.17) is 17.7 Å². The Morgan fingerprint density at radius 3 is 0.757 bits per heavy atom. The second kappa shape index (κ2) is 25.1. The lowest BCUT2D eigenvalue weighted by Crippen LogP contribution is -2.52. The van der Waals surface area contributed by atoms with Crippen LogP contribution in [0.1, 0.15) is 158 Å². The monoisotopic (exact) mass is 544 g/mol. The van der Waals surface area contributed by atoms with E-state index in [-0.39, 0.29) is 0 Å². The zero-order valence-electron chi connectivity index (χ0n) is 26.6. The molecule has 0 radical (unpaired) electrons. The van der Waals surface area contributed by atoms with Crippen LogP contribution in [0.3, 0.4) is 0 Å². The molecule has 0 aromatic heterocycles. The van der Waals surface area contributed by atoms with E-state index in [0.717, 1.165) is 25.7 Å². The van der Waals surface area contributed by atoms with Gasteiger partial charge in [0.2, 0.25) is 0 Å². The summed E-state index contributed by atoms with van der Waals surface area (Å²) in [6, 6.07) is 0. The van der Waals surface area contributed by atoms with E-state index in [1.807, 2.05) is 0 Å². The minimum Gasteiger partial charge on any atom is -0.351 e. The minimum atomic E-state index is -3.27. The summed E-state index contributed by atoms with van der Waals surface area (Å²) in [6.45, 7) is 20.9. The summed E-state index contributed by atoms with van der Waals surface area (Å²) in [4.78, 5) is 0. The molecule has 4 nitrogen and oxygen atoms in total. The summed E-state index contributed by atoms with van der Waals surface area (Å²) in [7, 11) is -3.27. The molecule has 0 rings (SSSR count). The Balaban J connectivity index is 5.79. The molecule has 0 heterocycles. The highest BCUT2D eigenvalue weighted by molar-refractivity contribution is 6.53. The van der Waals surface area contributed by atoms with Gasteiger partial charge in [-0.05, 0) is 49.4 Å². The van der Waals surface area contributed by atoms with Crippen LogP contribution in [-0.2, 0) is 17.7 Å². The molecule has 0 aromatic carbocycles. The average molecular weight is 545 g/mol. The average Bonchev–Trinajstić information content (AvgIpc) is 2.93. The lowest BCUT2D eigenvalue weighted by molar-refractivity contribution is -0.0612. The maximum atomic E-state index is 6.75. The second-order valence-corrected chi connectivity index (χ2v) is 13.6. The first-order chi connectivity index (χ1) is 18.0. The largest absolute Gasteiger partial charge is 0.679 e. The van der Waals surface area contributed by atoms with E-state index in [9.17, 15) is 0 Å². The van der Waals surface area contributed by atoms with Gasteiger partial charge in [-0.15, -0.1) is 0 Å². The molecule has 224 valence electrons. The van der Waals surface area contributed by atoms with Crippen LogP contribution >= 0.6 is 0 Å². The van der Waals surface area contributed by atoms with Crippen molar-refractivity contribution in [1.29, 1.82) is 0 Å². The SMILES string of the molecule is CCCC[C@@H](CC)CO[Si](OC[C@H](CC)CCCC)(OC[C@H](CC)CCCC)OC[C@@H](CC)CCCC. The van der Waals surface area contributed by atoms with Gasteiger partial charge in [-0.3, -0.25) is 0 Å². The molecule has 0 saturated carbocycles. The van der Waals surface area contributed by atoms with E-state index in [0.29, 0.717) is 50.1 Å². The topological polar surface area (TPSA) is 36.9 Å². The van der Waals surface area contributed by atoms with Crippen LogP contribution in [0.4, 0.5) is 0 Å². The van der Waals surface area contributed by atoms with Gasteiger partial charge >= 0.3 is 9.05 Å². The molecular formula is C32H68O4Si. The molecule has 0 aromatic rings. The van der Waals surface area contributed by atoms with E-state index in [2.05, 4.69) is 55.4 Å². The van der Waals surface area contributed by atoms with Gasteiger partial charge in [0.25, 0.3) is 0 Å². The third-order valence-corrected chi connectivity index (χ3v) is 10.2. The van der Waals surface area contributed by atoms with Gasteiger partial charge in [-0.2, -0.15) is 0 Å². The van der Waals surface area contributed by atoms with Crippen molar-refractivity contribution in [2.45, 2.75) is 158 Å². The van der Waals surface area contributed by atoms with Crippen molar-refractivity contribution >= 4 is 9.05 Å². The molecule has 37 heavy (non-hydrogen) atoms. The van der Waals surface area contributed by atoms with Gasteiger partial charge in [0.05, 0.1) is 0 Å². The number of unbranched alkanes of at least 4 members (excludes halogenated alkanes) is 4. The van der Waals surface area contributed by atoms with Gasteiger partial charge in [-0.25, -0.2) is 0 Å². The zero-order chi connectivity index (χ0) is 27.8. The molecule has 0 aliphatic rings. The number of hydrogen-bond acceptors (Lipinski definition) is 4. The highest BCUT2D eigenvalue weighted by atomic mass is 28.4. The maximum absolute atomic E-state index is 6.75. The van der Waals surface area contributed by atoms with Crippen molar-refractivity contribution in [2.75, 3.05) is 26.4 Å². The Kier molecular flexibility index (Phi) is 25.1. The summed E-state index contributed by atoms with van der Waals surface area (Å²) in [5.74, 6) is 2.14. The quantitative estimate of drug-likeness (QED) is 0.0918. The van der Waals surface area contributed by atoms with Crippen LogP contribution in [0.15, 0.2) is 0 Å². The Bertz CT molecular complexity index is 390. The van der Waals surface area contributed by atoms with Crippen LogP contribution in [0.2, 0.25) is 0 Å². The van der Waals surface area contributed by atoms with Gasteiger partial charge < -0.3 is 17.7 Å². The van der Waals surface area contributed by atoms with Crippen molar-refractivity contribution in [2.24, 2.45) is 23.7 Å². The van der Waals surface area contributed by atoms with Gasteiger partial charge in [0.1, 0.15) is 0 Å². The van der Waals surface area contributed by atoms with Crippen LogP contribution < -0.4 is 0 Å². The lowest BCUT2D eigenvalue weighted by atomic mass is 10.0. The first kappa shape index (κ1) is 37.1. The third-order valence-electron chi connectivity index (χ3n) is 8.16. The molecule has 0 bridgehead atoms. The summed E-state index contributed by atoms with van der Waals surface area (Å²) in [5, 5.41) is 0. The fraction of sp³-hybridized carbons (Fsp3) is 1.00. The normalized spacial score (nSPS) is 15.6. The molecule has 0 fully saturated rings. The standard InChI is InChI=1S/C32H68O4Si/c1-9-17-21-29(13-5)25-33-37(34-26-30(14-6)22-18-10-2,35-27-31(15-7)23-19-11-3)36-28-32(16-8)24-20-12-4/h29-32H,9-28H2,1-8H3/t29-,30-,31-,32+/m1/s1. The summed E-state index contributed by atoms with van der Waals surface area (Å²) >= 11 is 0. The smallest absolute Gasteiger partial charge is 0.351 e. The van der Waals surface area contributed by atoms with Crippen LogP contribution in [0, 0.1) is 23.7 Å². The molecular weight excluding hydrogens is 476 g/mol. The molecule has 0 unspecified atom stereocenters. The fourth-order valence-corrected chi connectivity index (χ4v) is 6.98. The zero-order valence-corrected chi connectivity index (χ0v) is 27.6. The molecule has 0 amide bonds. The number of hydrogen-bond donors (Lipinski definition) is 0. The highest BCUT2D eigenvalue weighted by Crippen LogP contribution is 2.25. The van der Waals surface area contributed by atoms with Crippen molar-refractivity contribution in [3.63, 3.8) is 0 Å². The van der Waals surface area contributed by atoms with E-state index < -0.39 is 9.05 Å². The highest BCUT2D eigenvalue weighted by Gasteiger charge is 2.47. The maximum Gasteiger partial charge on any atom is 0.679 e. The predicted molar refractivity (Wildman–Crippen MR) is 163 cm³/mol. The van der Waals surface area contributed by atoms with Crippen molar-refractivity contribution in [1.82, 2.24) is 0 Å². The van der Waals surface area contributed by atoms with Crippen molar-refractivity contribution in [3.05, 3.63) is 0 Å². The molecule has 0 saturated heterocycles. The molecule has 0 aliphatic carbocycles. The first-order valence-electron chi connectivity index (χ1n) is 16.5. The minimum absolute atomic E-state index is 0.536. The lowest BCUT2D eigenvalue weighted by Gasteiger charge is -2.33. The predicted octanol–water partition coefficient (Wildman–Crippen LogP) is 10.4. The Morgan fingerprint density at radius 2 is 0.595 bits per heavy atom. The fourth-order valence-electron chi connectivity index (χ4n) is 4.72. The molecule has 0 N–H and O–H groups in total. The Hall–Kier alpha value is 0.0569. The van der Waals surface area contributed by atoms with Crippen LogP contribution in [0.5, 0.6) is 0 Å². The summed E-state index contributed by atoms with van der Waals surface area (Å²) in [6.07, 6.45) is 19.2. The Morgan fingerprint density at radius 1 is 0.378 bits per heavy atom. The van der Waals surface area contributed by atoms with E-state index in [1.165, 1.54) is 77.0 Å². The van der Waals surface area contributed by atoms with Crippen LogP contribution in [0.25, 0.3) is 0 Å². The molecule has 0 spiro atoms.